The molecule has 1 fully saturated rings. The van der Waals surface area contributed by atoms with Crippen LogP contribution in [0, 0.1) is 12.8 Å². The molecular weight excluding hydrogens is 394 g/mol. The van der Waals surface area contributed by atoms with Crippen LogP contribution in [0.25, 0.3) is 27.8 Å². The van der Waals surface area contributed by atoms with Gasteiger partial charge in [0.1, 0.15) is 12.1 Å². The van der Waals surface area contributed by atoms with Crippen LogP contribution in [0.15, 0.2) is 41.4 Å². The van der Waals surface area contributed by atoms with Gasteiger partial charge in [-0.05, 0) is 43.9 Å². The van der Waals surface area contributed by atoms with E-state index in [0.717, 1.165) is 50.3 Å². The molecule has 1 aliphatic rings. The van der Waals surface area contributed by atoms with Crippen molar-refractivity contribution in [1.29, 1.82) is 0 Å². The number of rotatable bonds is 4. The molecule has 4 aromatic rings. The van der Waals surface area contributed by atoms with E-state index >= 15 is 0 Å². The van der Waals surface area contributed by atoms with E-state index in [-0.39, 0.29) is 0 Å². The summed E-state index contributed by atoms with van der Waals surface area (Å²) in [6.45, 7) is 2.71. The largest absolute Gasteiger partial charge is 0.492 e. The van der Waals surface area contributed by atoms with Gasteiger partial charge in [-0.15, -0.1) is 10.2 Å². The molecule has 1 aromatic carbocycles. The van der Waals surface area contributed by atoms with Gasteiger partial charge in [-0.2, -0.15) is 0 Å². The highest BCUT2D eigenvalue weighted by atomic mass is 79.9. The predicted octanol–water partition coefficient (Wildman–Crippen LogP) is 4.20. The van der Waals surface area contributed by atoms with E-state index in [1.54, 1.807) is 12.5 Å². The first kappa shape index (κ1) is 15.7. The SMILES string of the molecule is Cc1nc2c(-c3cncc(OCC4CC4)c3)cc(Br)cc2n2cnnc12. The van der Waals surface area contributed by atoms with Gasteiger partial charge in [0.25, 0.3) is 0 Å². The first-order valence-electron chi connectivity index (χ1n) is 8.57. The maximum atomic E-state index is 5.90. The highest BCUT2D eigenvalue weighted by Gasteiger charge is 2.22. The fraction of sp³-hybridized carbons (Fsp3) is 0.263. The third-order valence-electron chi connectivity index (χ3n) is 4.67. The molecular formula is C19H16BrN5O. The van der Waals surface area contributed by atoms with E-state index in [1.165, 1.54) is 12.8 Å². The summed E-state index contributed by atoms with van der Waals surface area (Å²) in [6, 6.07) is 6.12. The van der Waals surface area contributed by atoms with Crippen molar-refractivity contribution in [2.24, 2.45) is 5.92 Å². The maximum Gasteiger partial charge on any atom is 0.182 e. The molecule has 0 aliphatic heterocycles. The van der Waals surface area contributed by atoms with E-state index in [1.807, 2.05) is 29.7 Å². The van der Waals surface area contributed by atoms with Gasteiger partial charge < -0.3 is 4.74 Å². The van der Waals surface area contributed by atoms with E-state index in [0.29, 0.717) is 5.92 Å². The van der Waals surface area contributed by atoms with Crippen LogP contribution in [-0.2, 0) is 0 Å². The number of pyridine rings is 1. The van der Waals surface area contributed by atoms with Crippen LogP contribution < -0.4 is 4.74 Å². The number of ether oxygens (including phenoxy) is 1. The molecule has 0 radical (unpaired) electrons. The Morgan fingerprint density at radius 3 is 2.96 bits per heavy atom. The molecule has 26 heavy (non-hydrogen) atoms. The molecule has 1 aliphatic carbocycles. The summed E-state index contributed by atoms with van der Waals surface area (Å²) in [5.74, 6) is 1.50. The number of aromatic nitrogens is 5. The lowest BCUT2D eigenvalue weighted by atomic mass is 10.1. The zero-order valence-corrected chi connectivity index (χ0v) is 15.8. The van der Waals surface area contributed by atoms with Gasteiger partial charge in [-0.1, -0.05) is 15.9 Å². The summed E-state index contributed by atoms with van der Waals surface area (Å²) < 4.78 is 8.82. The molecule has 7 heteroatoms. The fourth-order valence-electron chi connectivity index (χ4n) is 3.13. The molecule has 3 heterocycles. The van der Waals surface area contributed by atoms with Crippen molar-refractivity contribution in [3.05, 3.63) is 47.1 Å². The lowest BCUT2D eigenvalue weighted by molar-refractivity contribution is 0.299. The monoisotopic (exact) mass is 409 g/mol. The maximum absolute atomic E-state index is 5.90. The predicted molar refractivity (Wildman–Crippen MR) is 102 cm³/mol. The van der Waals surface area contributed by atoms with Crippen LogP contribution in [0.2, 0.25) is 0 Å². The number of hydrogen-bond donors (Lipinski definition) is 0. The number of halogens is 1. The second kappa shape index (κ2) is 6.02. The minimum absolute atomic E-state index is 0.705. The van der Waals surface area contributed by atoms with Crippen molar-refractivity contribution < 1.29 is 4.74 Å². The van der Waals surface area contributed by atoms with E-state index in [4.69, 9.17) is 9.72 Å². The van der Waals surface area contributed by atoms with Gasteiger partial charge in [0.05, 0.1) is 29.5 Å². The smallest absolute Gasteiger partial charge is 0.182 e. The third-order valence-corrected chi connectivity index (χ3v) is 5.13. The summed E-state index contributed by atoms with van der Waals surface area (Å²) in [5.41, 5.74) is 5.42. The van der Waals surface area contributed by atoms with Crippen LogP contribution >= 0.6 is 15.9 Å². The minimum atomic E-state index is 0.705. The fourth-order valence-corrected chi connectivity index (χ4v) is 3.57. The van der Waals surface area contributed by atoms with Crippen molar-refractivity contribution in [2.45, 2.75) is 19.8 Å². The average Bonchev–Trinajstić information content (AvgIpc) is 3.34. The minimum Gasteiger partial charge on any atom is -0.492 e. The standard InChI is InChI=1S/C19H16BrN5O/c1-11-19-24-22-10-25(19)17-6-14(20)5-16(18(17)23-11)13-4-15(8-21-7-13)26-9-12-2-3-12/h4-8,10,12H,2-3,9H2,1H3. The number of hydrogen-bond acceptors (Lipinski definition) is 5. The van der Waals surface area contributed by atoms with Crippen LogP contribution in [0.3, 0.4) is 0 Å². The van der Waals surface area contributed by atoms with E-state index in [2.05, 4.69) is 37.2 Å². The molecule has 1 saturated carbocycles. The number of fused-ring (bicyclic) bond motifs is 3. The third kappa shape index (κ3) is 2.72. The molecule has 0 N–H and O–H groups in total. The van der Waals surface area contributed by atoms with Crippen LogP contribution in [0.1, 0.15) is 18.5 Å². The Hall–Kier alpha value is -2.54. The molecule has 0 bridgehead atoms. The van der Waals surface area contributed by atoms with Crippen molar-refractivity contribution in [3.8, 4) is 16.9 Å². The number of aryl methyl sites for hydroxylation is 1. The van der Waals surface area contributed by atoms with Crippen LogP contribution in [-0.4, -0.2) is 31.2 Å². The molecule has 5 rings (SSSR count). The second-order valence-corrected chi connectivity index (χ2v) is 7.62. The Balaban J connectivity index is 1.68. The van der Waals surface area contributed by atoms with Crippen LogP contribution in [0.5, 0.6) is 5.75 Å². The highest BCUT2D eigenvalue weighted by Crippen LogP contribution is 2.34. The topological polar surface area (TPSA) is 65.2 Å². The normalized spacial score (nSPS) is 14.2. The molecule has 3 aromatic heterocycles. The highest BCUT2D eigenvalue weighted by molar-refractivity contribution is 9.10. The summed E-state index contributed by atoms with van der Waals surface area (Å²) in [6.07, 6.45) is 7.86. The van der Waals surface area contributed by atoms with Gasteiger partial charge >= 0.3 is 0 Å². The zero-order valence-electron chi connectivity index (χ0n) is 14.2. The average molecular weight is 410 g/mol. The summed E-state index contributed by atoms with van der Waals surface area (Å²) in [5, 5.41) is 8.19. The van der Waals surface area contributed by atoms with Gasteiger partial charge in [-0.25, -0.2) is 4.98 Å². The second-order valence-electron chi connectivity index (χ2n) is 6.71. The first-order valence-corrected chi connectivity index (χ1v) is 9.36. The Morgan fingerprint density at radius 2 is 2.12 bits per heavy atom. The van der Waals surface area contributed by atoms with E-state index < -0.39 is 0 Å². The Morgan fingerprint density at radius 1 is 1.23 bits per heavy atom. The Labute approximate surface area is 158 Å². The Bertz CT molecular complexity index is 1140. The van der Waals surface area contributed by atoms with Crippen molar-refractivity contribution in [2.75, 3.05) is 6.61 Å². The molecule has 0 atom stereocenters. The van der Waals surface area contributed by atoms with Crippen molar-refractivity contribution >= 4 is 32.6 Å². The lowest BCUT2D eigenvalue weighted by Crippen LogP contribution is -2.00. The number of nitrogens with zero attached hydrogens (tertiary/aromatic N) is 5. The van der Waals surface area contributed by atoms with Crippen LogP contribution in [0.4, 0.5) is 0 Å². The summed E-state index contributed by atoms with van der Waals surface area (Å²) in [7, 11) is 0. The first-order chi connectivity index (χ1) is 12.7. The van der Waals surface area contributed by atoms with Gasteiger partial charge in [0.2, 0.25) is 0 Å². The summed E-state index contributed by atoms with van der Waals surface area (Å²) in [4.78, 5) is 9.17. The number of benzene rings is 1. The van der Waals surface area contributed by atoms with Gasteiger partial charge in [-0.3, -0.25) is 9.38 Å². The van der Waals surface area contributed by atoms with Gasteiger partial charge in [0, 0.05) is 21.8 Å². The van der Waals surface area contributed by atoms with Crippen molar-refractivity contribution in [1.82, 2.24) is 24.6 Å². The molecule has 0 spiro atoms. The molecule has 0 unspecified atom stereocenters. The molecule has 6 nitrogen and oxygen atoms in total. The lowest BCUT2D eigenvalue weighted by Gasteiger charge is -2.11. The zero-order chi connectivity index (χ0) is 17.7. The van der Waals surface area contributed by atoms with Gasteiger partial charge in [0.15, 0.2) is 5.65 Å². The molecule has 0 amide bonds. The van der Waals surface area contributed by atoms with E-state index in [9.17, 15) is 0 Å². The quantitative estimate of drug-likeness (QED) is 0.505. The molecule has 0 saturated heterocycles. The Kier molecular flexibility index (Phi) is 3.63. The summed E-state index contributed by atoms with van der Waals surface area (Å²) >= 11 is 3.62. The molecule has 130 valence electrons. The van der Waals surface area contributed by atoms with Crippen molar-refractivity contribution in [3.63, 3.8) is 0 Å².